The van der Waals surface area contributed by atoms with Gasteiger partial charge in [0.15, 0.2) is 8.32 Å². The van der Waals surface area contributed by atoms with Gasteiger partial charge in [0.05, 0.1) is 18.8 Å². The Balaban J connectivity index is 2.72. The highest BCUT2D eigenvalue weighted by atomic mass is 28.4. The second-order valence-electron chi connectivity index (χ2n) is 8.67. The van der Waals surface area contributed by atoms with E-state index in [1.165, 1.54) is 0 Å². The van der Waals surface area contributed by atoms with Crippen LogP contribution in [0.2, 0.25) is 18.1 Å². The van der Waals surface area contributed by atoms with Gasteiger partial charge in [0.1, 0.15) is 5.60 Å². The van der Waals surface area contributed by atoms with E-state index in [0.717, 1.165) is 0 Å². The highest BCUT2D eigenvalue weighted by molar-refractivity contribution is 6.74. The molecule has 0 aromatic carbocycles. The van der Waals surface area contributed by atoms with Gasteiger partial charge in [0.2, 0.25) is 0 Å². The van der Waals surface area contributed by atoms with E-state index in [1.54, 1.807) is 4.90 Å². The van der Waals surface area contributed by atoms with Crippen molar-refractivity contribution in [2.45, 2.75) is 83.8 Å². The summed E-state index contributed by atoms with van der Waals surface area (Å²) >= 11 is 0. The Morgan fingerprint density at radius 3 is 2.23 bits per heavy atom. The maximum Gasteiger partial charge on any atom is 0.410 e. The number of rotatable bonds is 3. The van der Waals surface area contributed by atoms with Crippen LogP contribution in [0.1, 0.15) is 48.0 Å². The Bertz CT molecular complexity index is 398. The van der Waals surface area contributed by atoms with E-state index >= 15 is 0 Å². The number of hydrogen-bond donors (Lipinski definition) is 1. The van der Waals surface area contributed by atoms with Crippen molar-refractivity contribution in [1.82, 2.24) is 4.90 Å². The Hall–Kier alpha value is -0.593. The standard InChI is InChI=1S/C16H33NO4Si/c1-15(2,3)21-14(19)17-10-9-13(18)12(17)11-20-22(7,8)16(4,5)6/h12-13,18H,9-11H2,1-8H3/t12-,13-/m1/s1. The van der Waals surface area contributed by atoms with Crippen LogP contribution in [-0.4, -0.2) is 55.3 Å². The number of hydrogen-bond acceptors (Lipinski definition) is 4. The first-order valence-corrected chi connectivity index (χ1v) is 11.0. The predicted octanol–water partition coefficient (Wildman–Crippen LogP) is 3.38. The van der Waals surface area contributed by atoms with Gasteiger partial charge >= 0.3 is 6.09 Å². The lowest BCUT2D eigenvalue weighted by molar-refractivity contribution is 0.00763. The van der Waals surface area contributed by atoms with Crippen molar-refractivity contribution in [1.29, 1.82) is 0 Å². The minimum atomic E-state index is -1.90. The minimum Gasteiger partial charge on any atom is -0.444 e. The second-order valence-corrected chi connectivity index (χ2v) is 13.5. The quantitative estimate of drug-likeness (QED) is 0.806. The third-order valence-corrected chi connectivity index (χ3v) is 9.06. The molecule has 130 valence electrons. The summed E-state index contributed by atoms with van der Waals surface area (Å²) < 4.78 is 11.6. The Morgan fingerprint density at radius 1 is 1.23 bits per heavy atom. The molecule has 5 nitrogen and oxygen atoms in total. The fraction of sp³-hybridized carbons (Fsp3) is 0.938. The van der Waals surface area contributed by atoms with Crippen molar-refractivity contribution in [2.75, 3.05) is 13.2 Å². The molecule has 1 aliphatic heterocycles. The minimum absolute atomic E-state index is 0.104. The molecular weight excluding hydrogens is 298 g/mol. The van der Waals surface area contributed by atoms with Crippen molar-refractivity contribution < 1.29 is 19.1 Å². The molecule has 22 heavy (non-hydrogen) atoms. The maximum absolute atomic E-state index is 12.3. The summed E-state index contributed by atoms with van der Waals surface area (Å²) in [5, 5.41) is 10.3. The average molecular weight is 332 g/mol. The molecule has 1 rings (SSSR count). The van der Waals surface area contributed by atoms with Gasteiger partial charge in [-0.1, -0.05) is 20.8 Å². The third-order valence-electron chi connectivity index (χ3n) is 4.56. The van der Waals surface area contributed by atoms with Gasteiger partial charge in [0.25, 0.3) is 0 Å². The lowest BCUT2D eigenvalue weighted by Gasteiger charge is -2.38. The number of ether oxygens (including phenoxy) is 1. The van der Waals surface area contributed by atoms with Gasteiger partial charge < -0.3 is 19.2 Å². The van der Waals surface area contributed by atoms with Gasteiger partial charge in [-0.2, -0.15) is 0 Å². The zero-order valence-corrected chi connectivity index (χ0v) is 16.4. The summed E-state index contributed by atoms with van der Waals surface area (Å²) in [4.78, 5) is 13.9. The van der Waals surface area contributed by atoms with Gasteiger partial charge in [-0.3, -0.25) is 0 Å². The smallest absolute Gasteiger partial charge is 0.410 e. The van der Waals surface area contributed by atoms with E-state index < -0.39 is 20.0 Å². The summed E-state index contributed by atoms with van der Waals surface area (Å²) in [6, 6.07) is -0.316. The predicted molar refractivity (Wildman–Crippen MR) is 90.5 cm³/mol. The maximum atomic E-state index is 12.3. The zero-order chi connectivity index (χ0) is 17.3. The van der Waals surface area contributed by atoms with E-state index in [0.29, 0.717) is 19.6 Å². The van der Waals surface area contributed by atoms with Crippen LogP contribution in [0.15, 0.2) is 0 Å². The molecule has 0 unspecified atom stereocenters. The van der Waals surface area contributed by atoms with Crippen molar-refractivity contribution in [3.8, 4) is 0 Å². The lowest BCUT2D eigenvalue weighted by atomic mass is 10.2. The van der Waals surface area contributed by atoms with Crippen molar-refractivity contribution >= 4 is 14.4 Å². The van der Waals surface area contributed by atoms with E-state index in [2.05, 4.69) is 33.9 Å². The number of aliphatic hydroxyl groups excluding tert-OH is 1. The number of aliphatic hydroxyl groups is 1. The molecule has 0 radical (unpaired) electrons. The molecule has 2 atom stereocenters. The SMILES string of the molecule is CC(C)(C)OC(=O)N1CC[C@@H](O)[C@H]1CO[Si](C)(C)C(C)(C)C. The summed E-state index contributed by atoms with van der Waals surface area (Å²) in [6.07, 6.45) is -0.338. The van der Waals surface area contributed by atoms with Crippen LogP contribution in [0.25, 0.3) is 0 Å². The van der Waals surface area contributed by atoms with Gasteiger partial charge in [0, 0.05) is 6.54 Å². The normalized spacial score (nSPS) is 23.8. The molecule has 0 spiro atoms. The molecule has 1 fully saturated rings. The van der Waals surface area contributed by atoms with Crippen molar-refractivity contribution in [3.63, 3.8) is 0 Å². The molecule has 1 aliphatic rings. The fourth-order valence-corrected chi connectivity index (χ4v) is 3.12. The number of carbonyl (C=O) groups excluding carboxylic acids is 1. The average Bonchev–Trinajstić information content (AvgIpc) is 2.64. The molecule has 0 bridgehead atoms. The molecule has 1 N–H and O–H groups in total. The summed E-state index contributed by atoms with van der Waals surface area (Å²) in [5.74, 6) is 0. The zero-order valence-electron chi connectivity index (χ0n) is 15.4. The van der Waals surface area contributed by atoms with E-state index in [-0.39, 0.29) is 17.2 Å². The Morgan fingerprint density at radius 2 is 1.77 bits per heavy atom. The largest absolute Gasteiger partial charge is 0.444 e. The Labute approximate surface area is 136 Å². The molecule has 6 heteroatoms. The molecule has 1 heterocycles. The van der Waals surface area contributed by atoms with Gasteiger partial charge in [-0.15, -0.1) is 0 Å². The highest BCUT2D eigenvalue weighted by Crippen LogP contribution is 2.37. The van der Waals surface area contributed by atoms with Gasteiger partial charge in [-0.25, -0.2) is 4.79 Å². The molecule has 0 aliphatic carbocycles. The van der Waals surface area contributed by atoms with E-state index in [1.807, 2.05) is 20.8 Å². The Kier molecular flexibility index (Phi) is 5.74. The first-order chi connectivity index (χ1) is 9.74. The monoisotopic (exact) mass is 331 g/mol. The third kappa shape index (κ3) is 4.96. The number of amides is 1. The van der Waals surface area contributed by atoms with Crippen LogP contribution in [0.4, 0.5) is 4.79 Å². The lowest BCUT2D eigenvalue weighted by Crippen LogP contribution is -2.49. The van der Waals surface area contributed by atoms with Crippen molar-refractivity contribution in [2.24, 2.45) is 0 Å². The summed E-state index contributed by atoms with van der Waals surface area (Å²) in [7, 11) is -1.90. The number of carbonyl (C=O) groups is 1. The number of likely N-dealkylation sites (tertiary alicyclic amines) is 1. The van der Waals surface area contributed by atoms with Crippen LogP contribution >= 0.6 is 0 Å². The fourth-order valence-electron chi connectivity index (χ4n) is 2.10. The van der Waals surface area contributed by atoms with Crippen LogP contribution in [0, 0.1) is 0 Å². The van der Waals surface area contributed by atoms with Crippen LogP contribution < -0.4 is 0 Å². The van der Waals surface area contributed by atoms with Crippen LogP contribution in [0.3, 0.4) is 0 Å². The molecule has 0 aromatic rings. The molecule has 0 saturated carbocycles. The van der Waals surface area contributed by atoms with E-state index in [4.69, 9.17) is 9.16 Å². The highest BCUT2D eigenvalue weighted by Gasteiger charge is 2.42. The second kappa shape index (κ2) is 6.49. The molecule has 0 aromatic heterocycles. The summed E-state index contributed by atoms with van der Waals surface area (Å²) in [6.45, 7) is 17.3. The molecule has 1 amide bonds. The van der Waals surface area contributed by atoms with Crippen LogP contribution in [0.5, 0.6) is 0 Å². The first kappa shape index (κ1) is 19.5. The van der Waals surface area contributed by atoms with Crippen LogP contribution in [-0.2, 0) is 9.16 Å². The van der Waals surface area contributed by atoms with Crippen molar-refractivity contribution in [3.05, 3.63) is 0 Å². The van der Waals surface area contributed by atoms with E-state index in [9.17, 15) is 9.90 Å². The topological polar surface area (TPSA) is 59.0 Å². The first-order valence-electron chi connectivity index (χ1n) is 8.06. The number of nitrogens with zero attached hydrogens (tertiary/aromatic N) is 1. The molecule has 1 saturated heterocycles. The summed E-state index contributed by atoms with van der Waals surface area (Å²) in [5.41, 5.74) is -0.532. The van der Waals surface area contributed by atoms with Gasteiger partial charge in [-0.05, 0) is 45.3 Å². The molecular formula is C16H33NO4Si.